The van der Waals surface area contributed by atoms with Crippen molar-refractivity contribution in [3.63, 3.8) is 0 Å². The summed E-state index contributed by atoms with van der Waals surface area (Å²) in [7, 11) is 1.40. The summed E-state index contributed by atoms with van der Waals surface area (Å²) in [6.07, 6.45) is 1.03. The lowest BCUT2D eigenvalue weighted by atomic mass is 10.1. The number of rotatable bonds is 5. The standard InChI is InChI=1S/C11H13Cl2NO4/c1-17-8-5-7(12)6(10(13)11(8)16)3-2-4-9(15)18-14/h5,16H,2-4,14H2,1H3. The van der Waals surface area contributed by atoms with Crippen LogP contribution >= 0.6 is 23.2 Å². The van der Waals surface area contributed by atoms with Gasteiger partial charge in [0.25, 0.3) is 0 Å². The van der Waals surface area contributed by atoms with E-state index in [4.69, 9.17) is 33.8 Å². The van der Waals surface area contributed by atoms with Gasteiger partial charge in [0, 0.05) is 17.5 Å². The third-order valence-corrected chi connectivity index (χ3v) is 3.16. The van der Waals surface area contributed by atoms with Crippen molar-refractivity contribution in [1.82, 2.24) is 0 Å². The Hall–Kier alpha value is -1.17. The average molecular weight is 294 g/mol. The summed E-state index contributed by atoms with van der Waals surface area (Å²) < 4.78 is 4.91. The SMILES string of the molecule is COc1cc(Cl)c(CCCC(=O)ON)c(Cl)c1O. The van der Waals surface area contributed by atoms with Crippen LogP contribution in [0.2, 0.25) is 10.0 Å². The van der Waals surface area contributed by atoms with Gasteiger partial charge in [0.2, 0.25) is 0 Å². The summed E-state index contributed by atoms with van der Waals surface area (Å²) in [5, 5.41) is 10.2. The van der Waals surface area contributed by atoms with E-state index in [2.05, 4.69) is 4.84 Å². The number of benzene rings is 1. The van der Waals surface area contributed by atoms with Crippen LogP contribution in [0.4, 0.5) is 0 Å². The fourth-order valence-corrected chi connectivity index (χ4v) is 2.11. The second-order valence-corrected chi connectivity index (χ2v) is 4.33. The lowest BCUT2D eigenvalue weighted by molar-refractivity contribution is -0.144. The number of nitrogens with two attached hydrogens (primary N) is 1. The van der Waals surface area contributed by atoms with Crippen LogP contribution in [0, 0.1) is 0 Å². The second kappa shape index (κ2) is 6.68. The Morgan fingerprint density at radius 3 is 2.72 bits per heavy atom. The quantitative estimate of drug-likeness (QED) is 0.815. The van der Waals surface area contributed by atoms with Crippen molar-refractivity contribution in [3.05, 3.63) is 21.7 Å². The zero-order valence-electron chi connectivity index (χ0n) is 9.70. The van der Waals surface area contributed by atoms with Gasteiger partial charge in [0.05, 0.1) is 12.1 Å². The molecule has 0 atom stereocenters. The van der Waals surface area contributed by atoms with E-state index in [-0.39, 0.29) is 22.9 Å². The topological polar surface area (TPSA) is 81.8 Å². The van der Waals surface area contributed by atoms with Gasteiger partial charge in [-0.1, -0.05) is 23.2 Å². The zero-order chi connectivity index (χ0) is 13.7. The molecular weight excluding hydrogens is 281 g/mol. The minimum Gasteiger partial charge on any atom is -0.503 e. The number of ether oxygens (including phenoxy) is 1. The van der Waals surface area contributed by atoms with Gasteiger partial charge in [0.15, 0.2) is 11.5 Å². The van der Waals surface area contributed by atoms with Crippen LogP contribution in [0.3, 0.4) is 0 Å². The maximum Gasteiger partial charge on any atom is 0.324 e. The summed E-state index contributed by atoms with van der Waals surface area (Å²) >= 11 is 12.0. The number of hydrogen-bond acceptors (Lipinski definition) is 5. The first-order chi connectivity index (χ1) is 8.51. The van der Waals surface area contributed by atoms with Crippen LogP contribution in [0.1, 0.15) is 18.4 Å². The van der Waals surface area contributed by atoms with E-state index in [1.165, 1.54) is 13.2 Å². The average Bonchev–Trinajstić information content (AvgIpc) is 2.37. The largest absolute Gasteiger partial charge is 0.503 e. The predicted octanol–water partition coefficient (Wildman–Crippen LogP) is 2.45. The van der Waals surface area contributed by atoms with Crippen molar-refractivity contribution in [2.24, 2.45) is 5.90 Å². The molecule has 0 amide bonds. The molecule has 0 saturated carbocycles. The third kappa shape index (κ3) is 3.41. The summed E-state index contributed by atoms with van der Waals surface area (Å²) in [5.41, 5.74) is 0.557. The molecule has 0 aromatic heterocycles. The van der Waals surface area contributed by atoms with Gasteiger partial charge < -0.3 is 14.7 Å². The molecule has 0 saturated heterocycles. The van der Waals surface area contributed by atoms with Gasteiger partial charge in [0.1, 0.15) is 0 Å². The van der Waals surface area contributed by atoms with Crippen molar-refractivity contribution in [3.8, 4) is 11.5 Å². The maximum absolute atomic E-state index is 10.9. The van der Waals surface area contributed by atoms with Crippen molar-refractivity contribution in [2.45, 2.75) is 19.3 Å². The molecule has 0 bridgehead atoms. The minimum absolute atomic E-state index is 0.125. The Balaban J connectivity index is 2.83. The summed E-state index contributed by atoms with van der Waals surface area (Å²) in [4.78, 5) is 14.9. The van der Waals surface area contributed by atoms with Gasteiger partial charge in [-0.15, -0.1) is 0 Å². The summed E-state index contributed by atoms with van der Waals surface area (Å²) in [5.74, 6) is 4.24. The fraction of sp³-hybridized carbons (Fsp3) is 0.364. The molecule has 0 fully saturated rings. The molecule has 0 aliphatic heterocycles. The first-order valence-electron chi connectivity index (χ1n) is 5.14. The van der Waals surface area contributed by atoms with Gasteiger partial charge >= 0.3 is 5.97 Å². The number of hydrogen-bond donors (Lipinski definition) is 2. The van der Waals surface area contributed by atoms with E-state index in [9.17, 15) is 9.90 Å². The Morgan fingerprint density at radius 1 is 1.50 bits per heavy atom. The smallest absolute Gasteiger partial charge is 0.324 e. The molecule has 0 aliphatic rings. The Morgan fingerprint density at radius 2 is 2.17 bits per heavy atom. The van der Waals surface area contributed by atoms with E-state index in [0.717, 1.165) is 0 Å². The van der Waals surface area contributed by atoms with Crippen LogP contribution < -0.4 is 10.6 Å². The van der Waals surface area contributed by atoms with Crippen LogP contribution in [0.5, 0.6) is 11.5 Å². The van der Waals surface area contributed by atoms with Crippen molar-refractivity contribution in [2.75, 3.05) is 7.11 Å². The van der Waals surface area contributed by atoms with Crippen LogP contribution in [0.25, 0.3) is 0 Å². The number of phenols is 1. The first-order valence-corrected chi connectivity index (χ1v) is 5.90. The highest BCUT2D eigenvalue weighted by Gasteiger charge is 2.16. The normalized spacial score (nSPS) is 10.2. The number of aromatic hydroxyl groups is 1. The van der Waals surface area contributed by atoms with Crippen molar-refractivity contribution < 1.29 is 19.5 Å². The number of carbonyl (C=O) groups excluding carboxylic acids is 1. The maximum atomic E-state index is 10.9. The number of carbonyl (C=O) groups is 1. The van der Waals surface area contributed by atoms with E-state index >= 15 is 0 Å². The third-order valence-electron chi connectivity index (χ3n) is 2.41. The predicted molar refractivity (Wildman–Crippen MR) is 67.9 cm³/mol. The lowest BCUT2D eigenvalue weighted by Crippen LogP contribution is -2.09. The van der Waals surface area contributed by atoms with Crippen LogP contribution in [0.15, 0.2) is 6.07 Å². The highest BCUT2D eigenvalue weighted by Crippen LogP contribution is 2.41. The van der Waals surface area contributed by atoms with Gasteiger partial charge in [-0.05, 0) is 18.4 Å². The molecule has 0 radical (unpaired) electrons. The molecule has 100 valence electrons. The van der Waals surface area contributed by atoms with Crippen molar-refractivity contribution in [1.29, 1.82) is 0 Å². The Labute approximate surface area is 114 Å². The highest BCUT2D eigenvalue weighted by molar-refractivity contribution is 6.37. The van der Waals surface area contributed by atoms with Gasteiger partial charge in [-0.2, -0.15) is 5.90 Å². The molecule has 0 unspecified atom stereocenters. The molecular formula is C11H13Cl2NO4. The Bertz CT molecular complexity index is 451. The zero-order valence-corrected chi connectivity index (χ0v) is 11.2. The first kappa shape index (κ1) is 14.9. The summed E-state index contributed by atoms with van der Waals surface area (Å²) in [6.45, 7) is 0. The number of phenolic OH excluding ortho intramolecular Hbond substituents is 1. The van der Waals surface area contributed by atoms with E-state index in [0.29, 0.717) is 23.4 Å². The molecule has 1 rings (SSSR count). The molecule has 3 N–H and O–H groups in total. The molecule has 1 aromatic rings. The molecule has 7 heteroatoms. The highest BCUT2D eigenvalue weighted by atomic mass is 35.5. The summed E-state index contributed by atoms with van der Waals surface area (Å²) in [6, 6.07) is 1.47. The number of halogens is 2. The minimum atomic E-state index is -0.514. The molecule has 1 aromatic carbocycles. The molecule has 0 spiro atoms. The van der Waals surface area contributed by atoms with E-state index in [1.54, 1.807) is 0 Å². The Kier molecular flexibility index (Phi) is 5.53. The van der Waals surface area contributed by atoms with E-state index < -0.39 is 5.97 Å². The van der Waals surface area contributed by atoms with Gasteiger partial charge in [-0.25, -0.2) is 0 Å². The van der Waals surface area contributed by atoms with Crippen LogP contribution in [-0.2, 0) is 16.1 Å². The molecule has 18 heavy (non-hydrogen) atoms. The second-order valence-electron chi connectivity index (χ2n) is 3.55. The van der Waals surface area contributed by atoms with E-state index in [1.807, 2.05) is 0 Å². The fourth-order valence-electron chi connectivity index (χ4n) is 1.48. The molecule has 0 aliphatic carbocycles. The van der Waals surface area contributed by atoms with Gasteiger partial charge in [-0.3, -0.25) is 4.79 Å². The van der Waals surface area contributed by atoms with Crippen molar-refractivity contribution >= 4 is 29.2 Å². The monoisotopic (exact) mass is 293 g/mol. The van der Waals surface area contributed by atoms with Crippen LogP contribution in [-0.4, -0.2) is 18.2 Å². The molecule has 5 nitrogen and oxygen atoms in total. The lowest BCUT2D eigenvalue weighted by Gasteiger charge is -2.11. The molecule has 0 heterocycles. The number of methoxy groups -OCH3 is 1.